The van der Waals surface area contributed by atoms with Crippen LogP contribution in [-0.4, -0.2) is 56.9 Å². The van der Waals surface area contributed by atoms with E-state index in [1.54, 1.807) is 0 Å². The molecule has 6 nitrogen and oxygen atoms in total. The molecule has 170 valence electrons. The Kier molecular flexibility index (Phi) is 11.7. The zero-order chi connectivity index (χ0) is 21.0. The van der Waals surface area contributed by atoms with Crippen molar-refractivity contribution in [1.82, 2.24) is 15.5 Å². The summed E-state index contributed by atoms with van der Waals surface area (Å²) in [6, 6.07) is 18.7. The molecular weight excluding hydrogens is 503 g/mol. The van der Waals surface area contributed by atoms with Crippen molar-refractivity contribution in [3.8, 4) is 5.75 Å². The molecule has 0 aromatic heterocycles. The molecule has 0 aliphatic carbocycles. The van der Waals surface area contributed by atoms with E-state index in [0.29, 0.717) is 13.2 Å². The number of para-hydroxylation sites is 1. The molecule has 7 heteroatoms. The van der Waals surface area contributed by atoms with E-state index in [1.807, 2.05) is 24.3 Å². The average molecular weight is 538 g/mol. The Morgan fingerprint density at radius 2 is 1.81 bits per heavy atom. The molecule has 0 spiro atoms. The van der Waals surface area contributed by atoms with Gasteiger partial charge in [-0.2, -0.15) is 0 Å². The van der Waals surface area contributed by atoms with Crippen molar-refractivity contribution in [2.45, 2.75) is 26.4 Å². The summed E-state index contributed by atoms with van der Waals surface area (Å²) in [7, 11) is 0. The van der Waals surface area contributed by atoms with E-state index in [4.69, 9.17) is 14.5 Å². The van der Waals surface area contributed by atoms with Crippen LogP contribution < -0.4 is 15.4 Å². The zero-order valence-corrected chi connectivity index (χ0v) is 20.9. The van der Waals surface area contributed by atoms with Gasteiger partial charge in [0.2, 0.25) is 0 Å². The minimum atomic E-state index is 0. The first-order valence-electron chi connectivity index (χ1n) is 10.9. The van der Waals surface area contributed by atoms with E-state index in [-0.39, 0.29) is 30.0 Å². The van der Waals surface area contributed by atoms with Gasteiger partial charge in [-0.15, -0.1) is 24.0 Å². The maximum absolute atomic E-state index is 6.09. The van der Waals surface area contributed by atoms with Crippen molar-refractivity contribution >= 4 is 29.9 Å². The average Bonchev–Trinajstić information content (AvgIpc) is 2.79. The van der Waals surface area contributed by atoms with Crippen LogP contribution in [0, 0.1) is 0 Å². The van der Waals surface area contributed by atoms with Crippen molar-refractivity contribution in [2.24, 2.45) is 4.99 Å². The normalized spacial score (nSPS) is 15.6. The highest BCUT2D eigenvalue weighted by atomic mass is 127. The van der Waals surface area contributed by atoms with Gasteiger partial charge in [-0.3, -0.25) is 4.90 Å². The van der Waals surface area contributed by atoms with Crippen LogP contribution in [0.2, 0.25) is 0 Å². The Labute approximate surface area is 203 Å². The fourth-order valence-corrected chi connectivity index (χ4v) is 3.40. The highest BCUT2D eigenvalue weighted by Crippen LogP contribution is 2.19. The number of benzene rings is 2. The molecule has 1 fully saturated rings. The third kappa shape index (κ3) is 8.66. The van der Waals surface area contributed by atoms with Crippen molar-refractivity contribution in [2.75, 3.05) is 46.0 Å². The van der Waals surface area contributed by atoms with Gasteiger partial charge in [-0.05, 0) is 25.5 Å². The van der Waals surface area contributed by atoms with Gasteiger partial charge >= 0.3 is 0 Å². The fourth-order valence-electron chi connectivity index (χ4n) is 3.40. The topological polar surface area (TPSA) is 58.1 Å². The number of guanidine groups is 1. The van der Waals surface area contributed by atoms with Gasteiger partial charge in [0.05, 0.1) is 25.8 Å². The van der Waals surface area contributed by atoms with Crippen LogP contribution >= 0.6 is 24.0 Å². The summed E-state index contributed by atoms with van der Waals surface area (Å²) in [5, 5.41) is 6.83. The SMILES string of the molecule is CCNC(=NCc1ccccc1OCCN1CCOCC1)NC(C)c1ccccc1.I. The van der Waals surface area contributed by atoms with Crippen molar-refractivity contribution < 1.29 is 9.47 Å². The molecule has 1 saturated heterocycles. The van der Waals surface area contributed by atoms with Crippen LogP contribution in [0.5, 0.6) is 5.75 Å². The highest BCUT2D eigenvalue weighted by Gasteiger charge is 2.11. The van der Waals surface area contributed by atoms with Crippen molar-refractivity contribution in [3.05, 3.63) is 65.7 Å². The number of aliphatic imine (C=N–C) groups is 1. The zero-order valence-electron chi connectivity index (χ0n) is 18.5. The molecule has 1 unspecified atom stereocenters. The minimum Gasteiger partial charge on any atom is -0.492 e. The first kappa shape index (κ1) is 25.4. The molecule has 1 heterocycles. The third-order valence-electron chi connectivity index (χ3n) is 5.15. The van der Waals surface area contributed by atoms with Crippen molar-refractivity contribution in [3.63, 3.8) is 0 Å². The van der Waals surface area contributed by atoms with Gasteiger partial charge in [0, 0.05) is 31.7 Å². The lowest BCUT2D eigenvalue weighted by Crippen LogP contribution is -2.38. The van der Waals surface area contributed by atoms with Crippen LogP contribution in [0.25, 0.3) is 0 Å². The molecule has 1 aliphatic rings. The van der Waals surface area contributed by atoms with Gasteiger partial charge in [0.25, 0.3) is 0 Å². The summed E-state index contributed by atoms with van der Waals surface area (Å²) in [5.74, 6) is 1.71. The van der Waals surface area contributed by atoms with Crippen LogP contribution in [0.4, 0.5) is 0 Å². The molecule has 3 rings (SSSR count). The summed E-state index contributed by atoms with van der Waals surface area (Å²) >= 11 is 0. The summed E-state index contributed by atoms with van der Waals surface area (Å²) in [6.07, 6.45) is 0. The highest BCUT2D eigenvalue weighted by molar-refractivity contribution is 14.0. The lowest BCUT2D eigenvalue weighted by atomic mass is 10.1. The quantitative estimate of drug-likeness (QED) is 0.289. The number of nitrogens with one attached hydrogen (secondary N) is 2. The van der Waals surface area contributed by atoms with Gasteiger partial charge in [-0.25, -0.2) is 4.99 Å². The molecule has 0 radical (unpaired) electrons. The Balaban J connectivity index is 0.00000341. The summed E-state index contributed by atoms with van der Waals surface area (Å²) < 4.78 is 11.5. The maximum Gasteiger partial charge on any atom is 0.192 e. The van der Waals surface area contributed by atoms with E-state index >= 15 is 0 Å². The van der Waals surface area contributed by atoms with Crippen LogP contribution in [0.15, 0.2) is 59.6 Å². The molecule has 0 bridgehead atoms. The molecule has 1 atom stereocenters. The Hall–Kier alpha value is -1.84. The van der Waals surface area contributed by atoms with E-state index in [9.17, 15) is 0 Å². The van der Waals surface area contributed by atoms with Gasteiger partial charge in [-0.1, -0.05) is 48.5 Å². The van der Waals surface area contributed by atoms with Crippen molar-refractivity contribution in [1.29, 1.82) is 0 Å². The van der Waals surface area contributed by atoms with Crippen LogP contribution in [-0.2, 0) is 11.3 Å². The third-order valence-corrected chi connectivity index (χ3v) is 5.15. The molecular formula is C24H35IN4O2. The predicted molar refractivity (Wildman–Crippen MR) is 137 cm³/mol. The van der Waals surface area contributed by atoms with Gasteiger partial charge in [0.15, 0.2) is 5.96 Å². The molecule has 0 saturated carbocycles. The number of morpholine rings is 1. The first-order chi connectivity index (χ1) is 14.8. The second kappa shape index (κ2) is 14.3. The molecule has 2 N–H and O–H groups in total. The smallest absolute Gasteiger partial charge is 0.192 e. The molecule has 1 aliphatic heterocycles. The molecule has 2 aromatic carbocycles. The number of nitrogens with zero attached hydrogens (tertiary/aromatic N) is 2. The summed E-state index contributed by atoms with van der Waals surface area (Å²) in [4.78, 5) is 7.17. The van der Waals surface area contributed by atoms with E-state index in [1.165, 1.54) is 5.56 Å². The number of ether oxygens (including phenoxy) is 2. The van der Waals surface area contributed by atoms with Gasteiger partial charge in [0.1, 0.15) is 12.4 Å². The Bertz CT molecular complexity index is 782. The minimum absolute atomic E-state index is 0. The standard InChI is InChI=1S/C24H34N4O2.HI/c1-3-25-24(27-20(2)21-9-5-4-6-10-21)26-19-22-11-7-8-12-23(22)30-18-15-28-13-16-29-17-14-28;/h4-12,20H,3,13-19H2,1-2H3,(H2,25,26,27);1H. The van der Waals surface area contributed by atoms with E-state index in [2.05, 4.69) is 59.7 Å². The number of hydrogen-bond acceptors (Lipinski definition) is 4. The maximum atomic E-state index is 6.09. The lowest BCUT2D eigenvalue weighted by Gasteiger charge is -2.26. The molecule has 2 aromatic rings. The van der Waals surface area contributed by atoms with E-state index in [0.717, 1.165) is 56.7 Å². The largest absolute Gasteiger partial charge is 0.492 e. The molecule has 0 amide bonds. The second-order valence-corrected chi connectivity index (χ2v) is 7.38. The lowest BCUT2D eigenvalue weighted by molar-refractivity contribution is 0.0322. The number of halogens is 1. The summed E-state index contributed by atoms with van der Waals surface area (Å²) in [5.41, 5.74) is 2.32. The number of rotatable bonds is 9. The Morgan fingerprint density at radius 3 is 2.55 bits per heavy atom. The van der Waals surface area contributed by atoms with Gasteiger partial charge < -0.3 is 20.1 Å². The monoisotopic (exact) mass is 538 g/mol. The van der Waals surface area contributed by atoms with E-state index < -0.39 is 0 Å². The number of hydrogen-bond donors (Lipinski definition) is 2. The fraction of sp³-hybridized carbons (Fsp3) is 0.458. The summed E-state index contributed by atoms with van der Waals surface area (Å²) in [6.45, 7) is 10.8. The van der Waals surface area contributed by atoms with Crippen LogP contribution in [0.3, 0.4) is 0 Å². The first-order valence-corrected chi connectivity index (χ1v) is 10.9. The predicted octanol–water partition coefficient (Wildman–Crippen LogP) is 3.83. The van der Waals surface area contributed by atoms with Crippen LogP contribution in [0.1, 0.15) is 31.0 Å². The second-order valence-electron chi connectivity index (χ2n) is 7.38. The Morgan fingerprint density at radius 1 is 1.10 bits per heavy atom. The molecule has 31 heavy (non-hydrogen) atoms.